The van der Waals surface area contributed by atoms with Crippen molar-refractivity contribution >= 4 is 5.91 Å². The van der Waals surface area contributed by atoms with Crippen molar-refractivity contribution < 1.29 is 9.32 Å². The molecule has 2 saturated heterocycles. The van der Waals surface area contributed by atoms with Crippen molar-refractivity contribution in [2.75, 3.05) is 32.7 Å². The number of hydrogen-bond donors (Lipinski definition) is 0. The summed E-state index contributed by atoms with van der Waals surface area (Å²) in [5, 5.41) is 4.08. The van der Waals surface area contributed by atoms with E-state index in [1.165, 1.54) is 0 Å². The molecule has 0 aromatic carbocycles. The van der Waals surface area contributed by atoms with Crippen molar-refractivity contribution in [2.45, 2.75) is 51.9 Å². The first-order valence-electron chi connectivity index (χ1n) is 10.8. The SMILES string of the molecule is CCc1nc(-c2cncnc2[C@H]2CCN(C(=O)CC3CCN(CC)CC3)C2)no1. The van der Waals surface area contributed by atoms with Crippen LogP contribution >= 0.6 is 0 Å². The molecular formula is C21H30N6O2. The second-order valence-electron chi connectivity index (χ2n) is 8.09. The van der Waals surface area contributed by atoms with Crippen LogP contribution in [0.15, 0.2) is 17.0 Å². The summed E-state index contributed by atoms with van der Waals surface area (Å²) in [4.78, 5) is 30.5. The number of nitrogens with zero attached hydrogens (tertiary/aromatic N) is 6. The molecule has 0 N–H and O–H groups in total. The zero-order chi connectivity index (χ0) is 20.2. The highest BCUT2D eigenvalue weighted by atomic mass is 16.5. The quantitative estimate of drug-likeness (QED) is 0.739. The minimum Gasteiger partial charge on any atom is -0.342 e. The lowest BCUT2D eigenvalue weighted by Crippen LogP contribution is -2.36. The third kappa shape index (κ3) is 4.47. The Hall–Kier alpha value is -2.35. The molecule has 1 atom stereocenters. The van der Waals surface area contributed by atoms with Crippen LogP contribution in [0.2, 0.25) is 0 Å². The standard InChI is InChI=1S/C21H30N6O2/c1-3-18-24-21(25-29-18)17-12-22-14-23-20(17)16-7-10-27(13-16)19(28)11-15-5-8-26(4-2)9-6-15/h12,14-16H,3-11,13H2,1-2H3/t16-/m0/s1. The lowest BCUT2D eigenvalue weighted by molar-refractivity contribution is -0.131. The van der Waals surface area contributed by atoms with Gasteiger partial charge in [0.15, 0.2) is 0 Å². The van der Waals surface area contributed by atoms with Crippen LogP contribution in [0.4, 0.5) is 0 Å². The zero-order valence-electron chi connectivity index (χ0n) is 17.4. The van der Waals surface area contributed by atoms with Crippen LogP contribution in [-0.4, -0.2) is 68.5 Å². The normalized spacial score (nSPS) is 21.0. The Bertz CT molecular complexity index is 830. The van der Waals surface area contributed by atoms with Crippen molar-refractivity contribution in [1.82, 2.24) is 29.9 Å². The lowest BCUT2D eigenvalue weighted by Gasteiger charge is -2.31. The van der Waals surface area contributed by atoms with E-state index in [0.29, 0.717) is 37.0 Å². The molecule has 2 aromatic heterocycles. The molecule has 2 aliphatic heterocycles. The van der Waals surface area contributed by atoms with E-state index < -0.39 is 0 Å². The Morgan fingerprint density at radius 3 is 2.76 bits per heavy atom. The third-order valence-electron chi connectivity index (χ3n) is 6.30. The summed E-state index contributed by atoms with van der Waals surface area (Å²) in [6, 6.07) is 0. The van der Waals surface area contributed by atoms with Crippen LogP contribution in [0.5, 0.6) is 0 Å². The van der Waals surface area contributed by atoms with Crippen molar-refractivity contribution in [2.24, 2.45) is 5.92 Å². The van der Waals surface area contributed by atoms with Gasteiger partial charge in [0.05, 0.1) is 11.3 Å². The Balaban J connectivity index is 1.39. The van der Waals surface area contributed by atoms with Crippen molar-refractivity contribution in [3.05, 3.63) is 24.1 Å². The predicted molar refractivity (Wildman–Crippen MR) is 108 cm³/mol. The maximum absolute atomic E-state index is 12.9. The molecule has 0 radical (unpaired) electrons. The number of piperidine rings is 1. The highest BCUT2D eigenvalue weighted by Gasteiger charge is 2.32. The maximum Gasteiger partial charge on any atom is 0.226 e. The van der Waals surface area contributed by atoms with Gasteiger partial charge >= 0.3 is 0 Å². The molecule has 2 aliphatic rings. The van der Waals surface area contributed by atoms with Crippen LogP contribution in [0, 0.1) is 5.92 Å². The van der Waals surface area contributed by atoms with Crippen molar-refractivity contribution in [3.63, 3.8) is 0 Å². The van der Waals surface area contributed by atoms with Gasteiger partial charge in [0.25, 0.3) is 0 Å². The van der Waals surface area contributed by atoms with Gasteiger partial charge in [0.1, 0.15) is 6.33 Å². The van der Waals surface area contributed by atoms with E-state index in [9.17, 15) is 4.79 Å². The number of aryl methyl sites for hydroxylation is 1. The molecule has 0 aliphatic carbocycles. The van der Waals surface area contributed by atoms with Gasteiger partial charge in [0.2, 0.25) is 17.6 Å². The Morgan fingerprint density at radius 1 is 1.21 bits per heavy atom. The molecule has 1 amide bonds. The molecule has 4 rings (SSSR count). The fourth-order valence-corrected chi connectivity index (χ4v) is 4.44. The monoisotopic (exact) mass is 398 g/mol. The summed E-state index contributed by atoms with van der Waals surface area (Å²) in [5.74, 6) is 2.12. The molecule has 156 valence electrons. The Kier molecular flexibility index (Phi) is 6.18. The first-order chi connectivity index (χ1) is 14.2. The van der Waals surface area contributed by atoms with E-state index in [-0.39, 0.29) is 11.8 Å². The Morgan fingerprint density at radius 2 is 2.03 bits per heavy atom. The fourth-order valence-electron chi connectivity index (χ4n) is 4.44. The molecule has 29 heavy (non-hydrogen) atoms. The maximum atomic E-state index is 12.9. The molecule has 2 fully saturated rings. The minimum absolute atomic E-state index is 0.183. The van der Waals surface area contributed by atoms with Crippen LogP contribution in [0.1, 0.15) is 57.0 Å². The minimum atomic E-state index is 0.183. The molecule has 0 saturated carbocycles. The number of amides is 1. The molecule has 2 aromatic rings. The molecular weight excluding hydrogens is 368 g/mol. The second-order valence-corrected chi connectivity index (χ2v) is 8.09. The predicted octanol–water partition coefficient (Wildman–Crippen LogP) is 2.53. The average molecular weight is 399 g/mol. The van der Waals surface area contributed by atoms with E-state index in [0.717, 1.165) is 56.7 Å². The molecule has 0 spiro atoms. The van der Waals surface area contributed by atoms with Gasteiger partial charge in [-0.15, -0.1) is 0 Å². The summed E-state index contributed by atoms with van der Waals surface area (Å²) in [6.07, 6.45) is 7.84. The summed E-state index contributed by atoms with van der Waals surface area (Å²) >= 11 is 0. The van der Waals surface area contributed by atoms with Gasteiger partial charge in [0, 0.05) is 38.0 Å². The highest BCUT2D eigenvalue weighted by molar-refractivity contribution is 5.77. The van der Waals surface area contributed by atoms with Gasteiger partial charge in [-0.1, -0.05) is 19.0 Å². The number of aromatic nitrogens is 4. The van der Waals surface area contributed by atoms with Gasteiger partial charge < -0.3 is 14.3 Å². The summed E-state index contributed by atoms with van der Waals surface area (Å²) < 4.78 is 5.26. The zero-order valence-corrected chi connectivity index (χ0v) is 17.4. The van der Waals surface area contributed by atoms with Crippen LogP contribution in [-0.2, 0) is 11.2 Å². The molecule has 4 heterocycles. The van der Waals surface area contributed by atoms with Crippen molar-refractivity contribution in [1.29, 1.82) is 0 Å². The average Bonchev–Trinajstić information content (AvgIpc) is 3.44. The van der Waals surface area contributed by atoms with E-state index in [2.05, 4.69) is 31.9 Å². The third-order valence-corrected chi connectivity index (χ3v) is 6.30. The lowest BCUT2D eigenvalue weighted by atomic mass is 9.93. The molecule has 8 nitrogen and oxygen atoms in total. The molecule has 0 bridgehead atoms. The number of carbonyl (C=O) groups excluding carboxylic acids is 1. The fraction of sp³-hybridized carbons (Fsp3) is 0.667. The smallest absolute Gasteiger partial charge is 0.226 e. The number of hydrogen-bond acceptors (Lipinski definition) is 7. The number of rotatable bonds is 6. The van der Waals surface area contributed by atoms with Gasteiger partial charge in [-0.3, -0.25) is 4.79 Å². The summed E-state index contributed by atoms with van der Waals surface area (Å²) in [5.41, 5.74) is 1.72. The van der Waals surface area contributed by atoms with Gasteiger partial charge in [-0.25, -0.2) is 9.97 Å². The van der Waals surface area contributed by atoms with Crippen LogP contribution in [0.25, 0.3) is 11.4 Å². The molecule has 0 unspecified atom stereocenters. The summed E-state index contributed by atoms with van der Waals surface area (Å²) in [6.45, 7) is 9.01. The van der Waals surface area contributed by atoms with E-state index >= 15 is 0 Å². The van der Waals surface area contributed by atoms with Crippen molar-refractivity contribution in [3.8, 4) is 11.4 Å². The Labute approximate surface area is 171 Å². The van der Waals surface area contributed by atoms with E-state index in [1.807, 2.05) is 11.8 Å². The first-order valence-corrected chi connectivity index (χ1v) is 10.8. The van der Waals surface area contributed by atoms with Crippen LogP contribution in [0.3, 0.4) is 0 Å². The van der Waals surface area contributed by atoms with Gasteiger partial charge in [-0.2, -0.15) is 4.98 Å². The highest BCUT2D eigenvalue weighted by Crippen LogP contribution is 2.32. The van der Waals surface area contributed by atoms with Crippen LogP contribution < -0.4 is 0 Å². The van der Waals surface area contributed by atoms with E-state index in [1.54, 1.807) is 12.5 Å². The second kappa shape index (κ2) is 8.98. The van der Waals surface area contributed by atoms with E-state index in [4.69, 9.17) is 4.52 Å². The topological polar surface area (TPSA) is 88.3 Å². The number of carbonyl (C=O) groups is 1. The first kappa shape index (κ1) is 19.9. The molecule has 8 heteroatoms. The summed E-state index contributed by atoms with van der Waals surface area (Å²) in [7, 11) is 0. The largest absolute Gasteiger partial charge is 0.342 e. The number of likely N-dealkylation sites (tertiary alicyclic amines) is 2. The van der Waals surface area contributed by atoms with Gasteiger partial charge in [-0.05, 0) is 44.8 Å².